The van der Waals surface area contributed by atoms with Gasteiger partial charge < -0.3 is 13.8 Å². The molecular weight excluding hydrogens is 768 g/mol. The molecule has 0 saturated carbocycles. The summed E-state index contributed by atoms with van der Waals surface area (Å²) in [6, 6.07) is 4.36. The van der Waals surface area contributed by atoms with Crippen molar-refractivity contribution in [3.05, 3.63) is 92.4 Å². The summed E-state index contributed by atoms with van der Waals surface area (Å²) in [7, 11) is 0. The van der Waals surface area contributed by atoms with Gasteiger partial charge in [0.25, 0.3) is 0 Å². The van der Waals surface area contributed by atoms with Gasteiger partial charge in [-0.1, -0.05) is 43.6 Å². The molecule has 0 aliphatic carbocycles. The van der Waals surface area contributed by atoms with Crippen molar-refractivity contribution in [2.24, 2.45) is 10.2 Å². The van der Waals surface area contributed by atoms with E-state index in [-0.39, 0.29) is 42.1 Å². The number of aryl methyl sites for hydroxylation is 2. The van der Waals surface area contributed by atoms with E-state index >= 15 is 0 Å². The SMILES string of the molecule is Cc1[c-]c(C)c(C)c(N=[N+]=[N-])c1C.[CH2-]C.[CH2-]C.[N-]=[N+]=Nc1c(F)c(F)[c-]c(F)c1F.[W+2].[W+2]. The van der Waals surface area contributed by atoms with Crippen LogP contribution in [0, 0.1) is 76.9 Å². The van der Waals surface area contributed by atoms with Gasteiger partial charge in [0.1, 0.15) is 0 Å². The van der Waals surface area contributed by atoms with Crippen LogP contribution in [-0.2, 0) is 42.1 Å². The smallest absolute Gasteiger partial charge is 0.346 e. The molecule has 2 rings (SSSR count). The number of rotatable bonds is 2. The van der Waals surface area contributed by atoms with E-state index in [1.165, 1.54) is 0 Å². The zero-order valence-corrected chi connectivity index (χ0v) is 24.3. The largest absolute Gasteiger partial charge is 2.00 e. The first kappa shape index (κ1) is 37.5. The van der Waals surface area contributed by atoms with E-state index in [0.717, 1.165) is 34.0 Å². The van der Waals surface area contributed by atoms with Crippen molar-refractivity contribution >= 4 is 11.4 Å². The minimum absolute atomic E-state index is 0. The fourth-order valence-corrected chi connectivity index (χ4v) is 1.94. The molecular formula is C20H22F4N6W2. The summed E-state index contributed by atoms with van der Waals surface area (Å²) in [4.78, 5) is 4.83. The molecule has 0 aromatic heterocycles. The van der Waals surface area contributed by atoms with Crippen LogP contribution in [0.5, 0.6) is 0 Å². The Labute approximate surface area is 214 Å². The number of hydrogen-bond donors (Lipinski definition) is 0. The van der Waals surface area contributed by atoms with Gasteiger partial charge in [-0.25, -0.2) is 8.78 Å². The van der Waals surface area contributed by atoms with Gasteiger partial charge in [-0.15, -0.1) is 17.2 Å². The second-order valence-corrected chi connectivity index (χ2v) is 5.08. The number of benzene rings is 2. The number of halogens is 4. The molecule has 0 spiro atoms. The molecule has 0 saturated heterocycles. The van der Waals surface area contributed by atoms with E-state index in [4.69, 9.17) is 11.1 Å². The molecule has 12 heteroatoms. The number of nitrogens with zero attached hydrogens (tertiary/aromatic N) is 6. The maximum Gasteiger partial charge on any atom is 2.00 e. The van der Waals surface area contributed by atoms with Crippen LogP contribution in [0.15, 0.2) is 10.2 Å². The zero-order valence-electron chi connectivity index (χ0n) is 18.4. The van der Waals surface area contributed by atoms with Crippen LogP contribution in [0.2, 0.25) is 0 Å². The summed E-state index contributed by atoms with van der Waals surface area (Å²) in [5.74, 6) is -7.00. The molecule has 32 heavy (non-hydrogen) atoms. The fourth-order valence-electron chi connectivity index (χ4n) is 1.94. The van der Waals surface area contributed by atoms with Crippen LogP contribution in [0.25, 0.3) is 20.9 Å². The van der Waals surface area contributed by atoms with Gasteiger partial charge in [-0.2, -0.15) is 31.0 Å². The first-order chi connectivity index (χ1) is 14.1. The molecule has 0 heterocycles. The van der Waals surface area contributed by atoms with E-state index in [0.29, 0.717) is 0 Å². The maximum absolute atomic E-state index is 12.6. The number of hydrogen-bond acceptors (Lipinski definition) is 2. The van der Waals surface area contributed by atoms with Gasteiger partial charge in [-0.05, 0) is 11.1 Å². The number of azide groups is 2. The van der Waals surface area contributed by atoms with Crippen LogP contribution in [0.3, 0.4) is 0 Å². The molecule has 2 aromatic rings. The summed E-state index contributed by atoms with van der Waals surface area (Å²) >= 11 is 0. The van der Waals surface area contributed by atoms with Gasteiger partial charge in [0, 0.05) is 27.1 Å². The topological polar surface area (TPSA) is 97.5 Å². The Kier molecular flexibility index (Phi) is 23.2. The molecule has 0 fully saturated rings. The van der Waals surface area contributed by atoms with Crippen molar-refractivity contribution in [2.45, 2.75) is 41.5 Å². The third-order valence-corrected chi connectivity index (χ3v) is 3.52. The second-order valence-electron chi connectivity index (χ2n) is 5.08. The third kappa shape index (κ3) is 10.6. The molecule has 0 atom stereocenters. The minimum Gasteiger partial charge on any atom is -0.346 e. The van der Waals surface area contributed by atoms with E-state index in [9.17, 15) is 17.6 Å². The molecule has 6 nitrogen and oxygen atoms in total. The summed E-state index contributed by atoms with van der Waals surface area (Å²) in [5, 5.41) is 6.15. The first-order valence-corrected chi connectivity index (χ1v) is 8.42. The van der Waals surface area contributed by atoms with Gasteiger partial charge in [0.2, 0.25) is 0 Å². The van der Waals surface area contributed by atoms with Crippen LogP contribution < -0.4 is 0 Å². The van der Waals surface area contributed by atoms with Crippen molar-refractivity contribution in [1.82, 2.24) is 0 Å². The van der Waals surface area contributed by atoms with Gasteiger partial charge in [0.05, 0.1) is 11.6 Å². The predicted molar refractivity (Wildman–Crippen MR) is 109 cm³/mol. The fraction of sp³-hybridized carbons (Fsp3) is 0.300. The average molecular weight is 790 g/mol. The van der Waals surface area contributed by atoms with Gasteiger partial charge >= 0.3 is 42.1 Å². The third-order valence-electron chi connectivity index (χ3n) is 3.52. The molecule has 0 unspecified atom stereocenters. The Morgan fingerprint density at radius 3 is 1.28 bits per heavy atom. The molecule has 0 N–H and O–H groups in total. The zero-order chi connectivity index (χ0) is 24.0. The standard InChI is InChI=1S/C10H12N3.C6F4N3.2C2H5.2W/c1-6-5-7(2)9(4)10(8(6)3)12-13-11;7-2-1-3(8)5(10)6(4(2)9)12-13-11;2*1-2;;/h1-4H3;;2*1H2,2H3;;/q4*-1;2*+2. The van der Waals surface area contributed by atoms with E-state index < -0.39 is 29.0 Å². The summed E-state index contributed by atoms with van der Waals surface area (Å²) in [6.07, 6.45) is 0. The first-order valence-electron chi connectivity index (χ1n) is 8.42. The van der Waals surface area contributed by atoms with Crippen LogP contribution >= 0.6 is 0 Å². The Morgan fingerprint density at radius 1 is 0.656 bits per heavy atom. The monoisotopic (exact) mass is 790 g/mol. The predicted octanol–water partition coefficient (Wildman–Crippen LogP) is 8.32. The molecule has 0 amide bonds. The summed E-state index contributed by atoms with van der Waals surface area (Å²) < 4.78 is 49.7. The van der Waals surface area contributed by atoms with E-state index in [2.05, 4.69) is 35.1 Å². The van der Waals surface area contributed by atoms with Crippen molar-refractivity contribution in [2.75, 3.05) is 0 Å². The molecule has 172 valence electrons. The van der Waals surface area contributed by atoms with Crippen LogP contribution in [0.4, 0.5) is 28.9 Å². The summed E-state index contributed by atoms with van der Waals surface area (Å²) in [6.45, 7) is 17.8. The molecule has 2 aromatic carbocycles. The normalized spacial score (nSPS) is 8.12. The molecule has 0 bridgehead atoms. The second kappa shape index (κ2) is 19.8. The summed E-state index contributed by atoms with van der Waals surface area (Å²) in [5.41, 5.74) is 19.8. The van der Waals surface area contributed by atoms with Crippen molar-refractivity contribution in [3.8, 4) is 0 Å². The molecule has 0 aliphatic heterocycles. The van der Waals surface area contributed by atoms with Crippen molar-refractivity contribution in [1.29, 1.82) is 0 Å². The Balaban J connectivity index is -0.000000201. The Bertz CT molecular complexity index is 828. The van der Waals surface area contributed by atoms with Gasteiger partial charge in [-0.3, -0.25) is 8.78 Å². The Morgan fingerprint density at radius 2 is 0.969 bits per heavy atom. The molecule has 0 radical (unpaired) electrons. The van der Waals surface area contributed by atoms with Crippen LogP contribution in [0.1, 0.15) is 36.1 Å². The maximum atomic E-state index is 12.6. The van der Waals surface area contributed by atoms with E-state index in [1.807, 2.05) is 32.6 Å². The van der Waals surface area contributed by atoms with Crippen molar-refractivity contribution in [3.63, 3.8) is 0 Å². The average Bonchev–Trinajstić information content (AvgIpc) is 2.75. The van der Waals surface area contributed by atoms with Gasteiger partial charge in [0.15, 0.2) is 0 Å². The minimum atomic E-state index is -1.77. The van der Waals surface area contributed by atoms with Crippen molar-refractivity contribution < 1.29 is 59.7 Å². The quantitative estimate of drug-likeness (QED) is 0.0731. The van der Waals surface area contributed by atoms with Crippen LogP contribution in [-0.4, -0.2) is 0 Å². The Hall–Kier alpha value is -1.84. The molecule has 0 aliphatic rings. The van der Waals surface area contributed by atoms with E-state index in [1.54, 1.807) is 13.8 Å².